The number of rotatable bonds is 4. The zero-order valence-corrected chi connectivity index (χ0v) is 13.2. The molecule has 0 aliphatic heterocycles. The lowest BCUT2D eigenvalue weighted by Gasteiger charge is -1.97. The average molecular weight is 365 g/mol. The van der Waals surface area contributed by atoms with Gasteiger partial charge in [-0.3, -0.25) is 0 Å². The Labute approximate surface area is 133 Å². The van der Waals surface area contributed by atoms with Gasteiger partial charge in [0.15, 0.2) is 0 Å². The van der Waals surface area contributed by atoms with E-state index in [2.05, 4.69) is 26.1 Å². The van der Waals surface area contributed by atoms with E-state index in [0.717, 1.165) is 15.6 Å². The van der Waals surface area contributed by atoms with Gasteiger partial charge in [-0.25, -0.2) is 4.39 Å². The Bertz CT molecular complexity index is 728. The zero-order chi connectivity index (χ0) is 14.7. The summed E-state index contributed by atoms with van der Waals surface area (Å²) >= 11 is 4.81. The van der Waals surface area contributed by atoms with Crippen LogP contribution in [0.4, 0.5) is 4.39 Å². The monoisotopic (exact) mass is 364 g/mol. The van der Waals surface area contributed by atoms with Crippen molar-refractivity contribution < 1.29 is 8.81 Å². The molecule has 1 heterocycles. The molecule has 2 aromatic carbocycles. The van der Waals surface area contributed by atoms with Gasteiger partial charge >= 0.3 is 0 Å². The van der Waals surface area contributed by atoms with Crippen LogP contribution < -0.4 is 0 Å². The second-order valence-corrected chi connectivity index (χ2v) is 6.14. The molecule has 3 aromatic rings. The SMILES string of the molecule is Fc1ccc(CSc2nnc(-c3ccc(Br)cc3)o2)cc1. The summed E-state index contributed by atoms with van der Waals surface area (Å²) < 4.78 is 19.4. The Kier molecular flexibility index (Phi) is 4.36. The van der Waals surface area contributed by atoms with Crippen LogP contribution in [-0.4, -0.2) is 10.2 Å². The fourth-order valence-corrected chi connectivity index (χ4v) is 2.69. The summed E-state index contributed by atoms with van der Waals surface area (Å²) in [6.07, 6.45) is 0. The zero-order valence-electron chi connectivity index (χ0n) is 10.8. The maximum Gasteiger partial charge on any atom is 0.277 e. The Morgan fingerprint density at radius 3 is 2.43 bits per heavy atom. The third-order valence-corrected chi connectivity index (χ3v) is 4.19. The van der Waals surface area contributed by atoms with Crippen LogP contribution in [-0.2, 0) is 5.75 Å². The summed E-state index contributed by atoms with van der Waals surface area (Å²) in [4.78, 5) is 0. The molecule has 3 rings (SSSR count). The van der Waals surface area contributed by atoms with E-state index in [9.17, 15) is 4.39 Å². The van der Waals surface area contributed by atoms with Crippen LogP contribution in [0.3, 0.4) is 0 Å². The van der Waals surface area contributed by atoms with Crippen molar-refractivity contribution in [1.82, 2.24) is 10.2 Å². The topological polar surface area (TPSA) is 38.9 Å². The van der Waals surface area contributed by atoms with Gasteiger partial charge in [-0.15, -0.1) is 10.2 Å². The number of nitrogens with zero attached hydrogens (tertiary/aromatic N) is 2. The molecule has 1 aromatic heterocycles. The van der Waals surface area contributed by atoms with Crippen molar-refractivity contribution in [2.24, 2.45) is 0 Å². The van der Waals surface area contributed by atoms with E-state index in [-0.39, 0.29) is 5.82 Å². The molecule has 0 saturated heterocycles. The Morgan fingerprint density at radius 2 is 1.71 bits per heavy atom. The second kappa shape index (κ2) is 6.41. The lowest BCUT2D eigenvalue weighted by molar-refractivity contribution is 0.466. The molecule has 3 nitrogen and oxygen atoms in total. The van der Waals surface area contributed by atoms with Crippen molar-refractivity contribution in [3.05, 3.63) is 64.4 Å². The smallest absolute Gasteiger partial charge is 0.277 e. The van der Waals surface area contributed by atoms with Gasteiger partial charge in [-0.2, -0.15) is 0 Å². The standard InChI is InChI=1S/C15H10BrFN2OS/c16-12-5-3-11(4-6-12)14-18-19-15(20-14)21-9-10-1-7-13(17)8-2-10/h1-8H,9H2. The van der Waals surface area contributed by atoms with Crippen LogP contribution in [0.2, 0.25) is 0 Å². The molecule has 106 valence electrons. The first-order valence-electron chi connectivity index (χ1n) is 6.17. The van der Waals surface area contributed by atoms with Crippen molar-refractivity contribution in [3.8, 4) is 11.5 Å². The van der Waals surface area contributed by atoms with Crippen molar-refractivity contribution in [3.63, 3.8) is 0 Å². The lowest BCUT2D eigenvalue weighted by atomic mass is 10.2. The molecule has 0 fully saturated rings. The van der Waals surface area contributed by atoms with Gasteiger partial charge in [-0.05, 0) is 42.0 Å². The van der Waals surface area contributed by atoms with Gasteiger partial charge in [0, 0.05) is 15.8 Å². The normalized spacial score (nSPS) is 10.8. The van der Waals surface area contributed by atoms with Gasteiger partial charge in [0.25, 0.3) is 5.22 Å². The quantitative estimate of drug-likeness (QED) is 0.615. The minimum absolute atomic E-state index is 0.237. The highest BCUT2D eigenvalue weighted by Crippen LogP contribution is 2.26. The van der Waals surface area contributed by atoms with Crippen molar-refractivity contribution in [2.75, 3.05) is 0 Å². The Hall–Kier alpha value is -1.66. The molecule has 0 aliphatic carbocycles. The second-order valence-electron chi connectivity index (χ2n) is 4.30. The molecule has 0 spiro atoms. The molecule has 0 radical (unpaired) electrons. The summed E-state index contributed by atoms with van der Waals surface area (Å²) in [5, 5.41) is 8.54. The number of aromatic nitrogens is 2. The van der Waals surface area contributed by atoms with Crippen LogP contribution in [0.5, 0.6) is 0 Å². The van der Waals surface area contributed by atoms with E-state index in [0.29, 0.717) is 16.9 Å². The number of hydrogen-bond donors (Lipinski definition) is 0. The maximum absolute atomic E-state index is 12.8. The van der Waals surface area contributed by atoms with Gasteiger partial charge in [0.2, 0.25) is 5.89 Å². The third kappa shape index (κ3) is 3.71. The molecule has 0 bridgehead atoms. The Balaban J connectivity index is 1.67. The lowest BCUT2D eigenvalue weighted by Crippen LogP contribution is -1.81. The molecule has 0 saturated carbocycles. The molecular formula is C15H10BrFN2OS. The predicted molar refractivity (Wildman–Crippen MR) is 83.4 cm³/mol. The number of thioether (sulfide) groups is 1. The van der Waals surface area contributed by atoms with Gasteiger partial charge in [0.05, 0.1) is 0 Å². The summed E-state index contributed by atoms with van der Waals surface area (Å²) in [6.45, 7) is 0. The number of halogens is 2. The highest BCUT2D eigenvalue weighted by molar-refractivity contribution is 9.10. The van der Waals surface area contributed by atoms with E-state index >= 15 is 0 Å². The summed E-state index contributed by atoms with van der Waals surface area (Å²) in [5.74, 6) is 0.908. The molecule has 0 aliphatic rings. The van der Waals surface area contributed by atoms with Gasteiger partial charge < -0.3 is 4.42 Å². The van der Waals surface area contributed by atoms with Crippen molar-refractivity contribution in [1.29, 1.82) is 0 Å². The highest BCUT2D eigenvalue weighted by atomic mass is 79.9. The van der Waals surface area contributed by atoms with Crippen molar-refractivity contribution in [2.45, 2.75) is 11.0 Å². The highest BCUT2D eigenvalue weighted by Gasteiger charge is 2.09. The number of benzene rings is 2. The van der Waals surface area contributed by atoms with Crippen LogP contribution in [0.1, 0.15) is 5.56 Å². The summed E-state index contributed by atoms with van der Waals surface area (Å²) in [6, 6.07) is 14.0. The maximum atomic E-state index is 12.8. The fraction of sp³-hybridized carbons (Fsp3) is 0.0667. The summed E-state index contributed by atoms with van der Waals surface area (Å²) in [5.41, 5.74) is 1.88. The molecule has 0 amide bonds. The molecule has 21 heavy (non-hydrogen) atoms. The largest absolute Gasteiger partial charge is 0.411 e. The third-order valence-electron chi connectivity index (χ3n) is 2.77. The van der Waals surface area contributed by atoms with Crippen LogP contribution >= 0.6 is 27.7 Å². The van der Waals surface area contributed by atoms with Gasteiger partial charge in [-0.1, -0.05) is 39.8 Å². The van der Waals surface area contributed by atoms with E-state index in [1.54, 1.807) is 12.1 Å². The average Bonchev–Trinajstić information content (AvgIpc) is 2.96. The van der Waals surface area contributed by atoms with E-state index < -0.39 is 0 Å². The molecule has 0 unspecified atom stereocenters. The number of hydrogen-bond acceptors (Lipinski definition) is 4. The van der Waals surface area contributed by atoms with Crippen molar-refractivity contribution >= 4 is 27.7 Å². The van der Waals surface area contributed by atoms with Crippen LogP contribution in [0.15, 0.2) is 62.6 Å². The fourth-order valence-electron chi connectivity index (χ4n) is 1.70. The minimum Gasteiger partial charge on any atom is -0.411 e. The molecular weight excluding hydrogens is 355 g/mol. The molecule has 0 atom stereocenters. The Morgan fingerprint density at radius 1 is 1.00 bits per heavy atom. The molecule has 6 heteroatoms. The van der Waals surface area contributed by atoms with Gasteiger partial charge in [0.1, 0.15) is 5.82 Å². The first kappa shape index (κ1) is 14.3. The summed E-state index contributed by atoms with van der Waals surface area (Å²) in [7, 11) is 0. The van der Waals surface area contributed by atoms with Crippen LogP contribution in [0, 0.1) is 5.82 Å². The minimum atomic E-state index is -0.237. The van der Waals surface area contributed by atoms with E-state index in [4.69, 9.17) is 4.42 Å². The van der Waals surface area contributed by atoms with E-state index in [1.165, 1.54) is 23.9 Å². The van der Waals surface area contributed by atoms with E-state index in [1.807, 2.05) is 24.3 Å². The first-order valence-corrected chi connectivity index (χ1v) is 7.95. The predicted octanol–water partition coefficient (Wildman–Crippen LogP) is 4.93. The first-order chi connectivity index (χ1) is 10.2. The molecule has 0 N–H and O–H groups in total. The van der Waals surface area contributed by atoms with Crippen LogP contribution in [0.25, 0.3) is 11.5 Å².